The Bertz CT molecular complexity index is 959. The quantitative estimate of drug-likeness (QED) is 0.725. The third kappa shape index (κ3) is 4.41. The van der Waals surface area contributed by atoms with Gasteiger partial charge >= 0.3 is 6.09 Å². The van der Waals surface area contributed by atoms with E-state index >= 15 is 0 Å². The Balaban J connectivity index is 1.33. The molecule has 4 rings (SSSR count). The molecule has 0 N–H and O–H groups in total. The molecule has 0 bridgehead atoms. The molecule has 2 aromatic rings. The Kier molecular flexibility index (Phi) is 5.64. The van der Waals surface area contributed by atoms with Crippen molar-refractivity contribution in [1.82, 2.24) is 9.80 Å². The fourth-order valence-corrected chi connectivity index (χ4v) is 4.11. The number of carbonyl (C=O) groups excluding carboxylic acids is 2. The lowest BCUT2D eigenvalue weighted by molar-refractivity contribution is -0.133. The highest BCUT2D eigenvalue weighted by atomic mass is 35.5. The van der Waals surface area contributed by atoms with Crippen LogP contribution in [0.3, 0.4) is 0 Å². The Hall–Kier alpha value is -2.67. The van der Waals surface area contributed by atoms with Gasteiger partial charge < -0.3 is 9.64 Å². The molecule has 0 unspecified atom stereocenters. The minimum atomic E-state index is -0.942. The predicted octanol–water partition coefficient (Wildman–Crippen LogP) is 4.17. The van der Waals surface area contributed by atoms with E-state index in [4.69, 9.17) is 16.3 Å². The Morgan fingerprint density at radius 2 is 1.70 bits per heavy atom. The van der Waals surface area contributed by atoms with Gasteiger partial charge in [-0.2, -0.15) is 0 Å². The molecule has 2 fully saturated rings. The number of piperidine rings is 1. The second-order valence-electron chi connectivity index (χ2n) is 7.84. The molecule has 158 valence electrons. The van der Waals surface area contributed by atoms with Crippen LogP contribution in [0.25, 0.3) is 0 Å². The molecule has 2 aliphatic rings. The summed E-state index contributed by atoms with van der Waals surface area (Å²) in [5.41, 5.74) is 0.750. The van der Waals surface area contributed by atoms with E-state index in [1.165, 1.54) is 11.0 Å². The third-order valence-corrected chi connectivity index (χ3v) is 5.95. The minimum Gasteiger partial charge on any atom is -0.441 e. The van der Waals surface area contributed by atoms with Gasteiger partial charge in [0.2, 0.25) is 5.91 Å². The van der Waals surface area contributed by atoms with Crippen molar-refractivity contribution in [3.8, 4) is 0 Å². The predicted molar refractivity (Wildman–Crippen MR) is 107 cm³/mol. The maximum atomic E-state index is 13.4. The van der Waals surface area contributed by atoms with E-state index in [-0.39, 0.29) is 12.5 Å². The number of ether oxygens (including phenoxy) is 1. The summed E-state index contributed by atoms with van der Waals surface area (Å²) in [6.07, 6.45) is 0.908. The minimum absolute atomic E-state index is 0.0233. The van der Waals surface area contributed by atoms with Gasteiger partial charge in [0, 0.05) is 37.5 Å². The first-order valence-electron chi connectivity index (χ1n) is 9.78. The van der Waals surface area contributed by atoms with Crippen molar-refractivity contribution in [3.63, 3.8) is 0 Å². The first-order chi connectivity index (χ1) is 14.3. The van der Waals surface area contributed by atoms with Crippen LogP contribution in [0.15, 0.2) is 42.5 Å². The SMILES string of the molecule is O=C(Cc1ccc(Cl)cc1)N1CCC2(CC1)CN(Cc1ccc(F)c(F)c1)C(=O)O2. The lowest BCUT2D eigenvalue weighted by Crippen LogP contribution is -2.49. The van der Waals surface area contributed by atoms with Gasteiger partial charge in [0.05, 0.1) is 13.0 Å². The molecule has 2 aromatic carbocycles. The highest BCUT2D eigenvalue weighted by Crippen LogP contribution is 2.34. The second kappa shape index (κ2) is 8.22. The van der Waals surface area contributed by atoms with Crippen molar-refractivity contribution >= 4 is 23.6 Å². The molecule has 30 heavy (non-hydrogen) atoms. The fraction of sp³-hybridized carbons (Fsp3) is 0.364. The molecular weight excluding hydrogens is 414 g/mol. The van der Waals surface area contributed by atoms with Crippen LogP contribution >= 0.6 is 11.6 Å². The van der Waals surface area contributed by atoms with Crippen molar-refractivity contribution < 1.29 is 23.1 Å². The number of benzene rings is 2. The smallest absolute Gasteiger partial charge is 0.410 e. The molecule has 2 amide bonds. The van der Waals surface area contributed by atoms with E-state index in [2.05, 4.69) is 0 Å². The van der Waals surface area contributed by atoms with Gasteiger partial charge in [-0.25, -0.2) is 13.6 Å². The molecule has 8 heteroatoms. The van der Waals surface area contributed by atoms with Crippen LogP contribution in [-0.4, -0.2) is 47.0 Å². The van der Waals surface area contributed by atoms with E-state index in [1.54, 1.807) is 17.0 Å². The van der Waals surface area contributed by atoms with Crippen LogP contribution in [0.5, 0.6) is 0 Å². The summed E-state index contributed by atoms with van der Waals surface area (Å²) in [6, 6.07) is 10.8. The van der Waals surface area contributed by atoms with Crippen molar-refractivity contribution in [2.75, 3.05) is 19.6 Å². The summed E-state index contributed by atoms with van der Waals surface area (Å²) in [7, 11) is 0. The molecule has 0 aromatic heterocycles. The molecule has 2 aliphatic heterocycles. The number of nitrogens with zero attached hydrogens (tertiary/aromatic N) is 2. The van der Waals surface area contributed by atoms with Crippen molar-refractivity contribution in [2.24, 2.45) is 0 Å². The van der Waals surface area contributed by atoms with Crippen LogP contribution in [0.1, 0.15) is 24.0 Å². The number of amides is 2. The Labute approximate surface area is 178 Å². The number of likely N-dealkylation sites (tertiary alicyclic amines) is 1. The van der Waals surface area contributed by atoms with E-state index in [9.17, 15) is 18.4 Å². The molecule has 0 saturated carbocycles. The van der Waals surface area contributed by atoms with E-state index < -0.39 is 23.3 Å². The van der Waals surface area contributed by atoms with Gasteiger partial charge in [-0.05, 0) is 35.4 Å². The molecular formula is C22H21ClF2N2O3. The van der Waals surface area contributed by atoms with E-state index in [0.29, 0.717) is 49.5 Å². The molecule has 0 radical (unpaired) electrons. The van der Waals surface area contributed by atoms with E-state index in [1.807, 2.05) is 12.1 Å². The summed E-state index contributed by atoms with van der Waals surface area (Å²) < 4.78 is 32.2. The lowest BCUT2D eigenvalue weighted by Gasteiger charge is -2.37. The first-order valence-corrected chi connectivity index (χ1v) is 10.2. The second-order valence-corrected chi connectivity index (χ2v) is 8.28. The zero-order valence-electron chi connectivity index (χ0n) is 16.2. The Morgan fingerprint density at radius 3 is 2.37 bits per heavy atom. The molecule has 2 heterocycles. The van der Waals surface area contributed by atoms with Crippen LogP contribution in [0.4, 0.5) is 13.6 Å². The van der Waals surface area contributed by atoms with Crippen molar-refractivity contribution in [3.05, 3.63) is 70.2 Å². The van der Waals surface area contributed by atoms with Gasteiger partial charge in [0.15, 0.2) is 11.6 Å². The highest BCUT2D eigenvalue weighted by molar-refractivity contribution is 6.30. The topological polar surface area (TPSA) is 49.9 Å². The Morgan fingerprint density at radius 1 is 1.03 bits per heavy atom. The van der Waals surface area contributed by atoms with Crippen molar-refractivity contribution in [2.45, 2.75) is 31.4 Å². The normalized spacial score (nSPS) is 18.0. The van der Waals surface area contributed by atoms with Gasteiger partial charge in [0.25, 0.3) is 0 Å². The van der Waals surface area contributed by atoms with Crippen LogP contribution in [-0.2, 0) is 22.5 Å². The largest absolute Gasteiger partial charge is 0.441 e. The van der Waals surface area contributed by atoms with Crippen LogP contribution in [0.2, 0.25) is 5.02 Å². The number of hydrogen-bond acceptors (Lipinski definition) is 3. The number of hydrogen-bond donors (Lipinski definition) is 0. The third-order valence-electron chi connectivity index (χ3n) is 5.69. The summed E-state index contributed by atoms with van der Waals surface area (Å²) in [5.74, 6) is -1.84. The van der Waals surface area contributed by atoms with Gasteiger partial charge in [-0.15, -0.1) is 0 Å². The fourth-order valence-electron chi connectivity index (χ4n) is 3.99. The van der Waals surface area contributed by atoms with Crippen LogP contribution < -0.4 is 0 Å². The molecule has 1 spiro atoms. The maximum absolute atomic E-state index is 13.4. The highest BCUT2D eigenvalue weighted by Gasteiger charge is 2.47. The molecule has 0 atom stereocenters. The van der Waals surface area contributed by atoms with Crippen LogP contribution in [0, 0.1) is 11.6 Å². The lowest BCUT2D eigenvalue weighted by atomic mass is 9.91. The van der Waals surface area contributed by atoms with Crippen molar-refractivity contribution in [1.29, 1.82) is 0 Å². The zero-order chi connectivity index (χ0) is 21.3. The first kappa shape index (κ1) is 20.6. The summed E-state index contributed by atoms with van der Waals surface area (Å²) >= 11 is 5.88. The zero-order valence-corrected chi connectivity index (χ0v) is 17.0. The molecule has 0 aliphatic carbocycles. The summed E-state index contributed by atoms with van der Waals surface area (Å²) in [5, 5.41) is 0.627. The standard InChI is InChI=1S/C22H21ClF2N2O3/c23-17-4-1-15(2-5-17)12-20(28)26-9-7-22(8-10-26)14-27(21(29)30-22)13-16-3-6-18(24)19(25)11-16/h1-6,11H,7-10,12-14H2. The van der Waals surface area contributed by atoms with Gasteiger partial charge in [-0.1, -0.05) is 29.8 Å². The van der Waals surface area contributed by atoms with E-state index in [0.717, 1.165) is 17.7 Å². The molecule has 5 nitrogen and oxygen atoms in total. The van der Waals surface area contributed by atoms with Gasteiger partial charge in [-0.3, -0.25) is 9.69 Å². The summed E-state index contributed by atoms with van der Waals surface area (Å²) in [6.45, 7) is 1.51. The van der Waals surface area contributed by atoms with Gasteiger partial charge in [0.1, 0.15) is 5.60 Å². The monoisotopic (exact) mass is 434 g/mol. The average Bonchev–Trinajstić information content (AvgIpc) is 3.01. The number of rotatable bonds is 4. The average molecular weight is 435 g/mol. The number of halogens is 3. The maximum Gasteiger partial charge on any atom is 0.410 e. The number of carbonyl (C=O) groups is 2. The summed E-state index contributed by atoms with van der Waals surface area (Å²) in [4.78, 5) is 28.2. The molecule has 2 saturated heterocycles.